The van der Waals surface area contributed by atoms with Crippen molar-refractivity contribution in [2.75, 3.05) is 0 Å². The zero-order chi connectivity index (χ0) is 14.2. The van der Waals surface area contributed by atoms with Crippen molar-refractivity contribution in [1.82, 2.24) is 0 Å². The van der Waals surface area contributed by atoms with Crippen LogP contribution < -0.4 is 0 Å². The Morgan fingerprint density at radius 2 is 1.81 bits per heavy atom. The Morgan fingerprint density at radius 1 is 0.952 bits per heavy atom. The van der Waals surface area contributed by atoms with Crippen LogP contribution in [-0.4, -0.2) is 0 Å². The van der Waals surface area contributed by atoms with Crippen molar-refractivity contribution in [2.45, 2.75) is 26.2 Å². The molecule has 102 valence electrons. The summed E-state index contributed by atoms with van der Waals surface area (Å²) in [4.78, 5) is 0. The second-order valence-corrected chi connectivity index (χ2v) is 5.88. The van der Waals surface area contributed by atoms with Gasteiger partial charge in [0.05, 0.1) is 0 Å². The fraction of sp³-hybridized carbons (Fsp3) is 0.190. The zero-order valence-corrected chi connectivity index (χ0v) is 12.3. The Bertz CT molecular complexity index is 806. The van der Waals surface area contributed by atoms with Crippen LogP contribution in [0.5, 0.6) is 0 Å². The molecule has 0 atom stereocenters. The summed E-state index contributed by atoms with van der Waals surface area (Å²) < 4.78 is 0. The zero-order valence-electron chi connectivity index (χ0n) is 12.3. The molecule has 0 unspecified atom stereocenters. The van der Waals surface area contributed by atoms with Crippen LogP contribution in [0.15, 0.2) is 54.6 Å². The molecule has 0 amide bonds. The van der Waals surface area contributed by atoms with Gasteiger partial charge in [-0.1, -0.05) is 54.6 Å². The lowest BCUT2D eigenvalue weighted by Gasteiger charge is -2.19. The highest BCUT2D eigenvalue weighted by atomic mass is 14.2. The summed E-state index contributed by atoms with van der Waals surface area (Å²) >= 11 is 0. The second-order valence-electron chi connectivity index (χ2n) is 5.88. The first-order chi connectivity index (χ1) is 10.3. The monoisotopic (exact) mass is 270 g/mol. The fourth-order valence-electron chi connectivity index (χ4n) is 3.43. The number of rotatable bonds is 1. The number of hydrogen-bond donors (Lipinski definition) is 0. The first-order valence-corrected chi connectivity index (χ1v) is 7.68. The number of aryl methyl sites for hydroxylation is 1. The van der Waals surface area contributed by atoms with Crippen LogP contribution in [0.25, 0.3) is 21.9 Å². The lowest BCUT2D eigenvalue weighted by Crippen LogP contribution is -2.03. The quantitative estimate of drug-likeness (QED) is 0.541. The summed E-state index contributed by atoms with van der Waals surface area (Å²) in [5, 5.41) is 2.63. The van der Waals surface area contributed by atoms with E-state index >= 15 is 0 Å². The van der Waals surface area contributed by atoms with Gasteiger partial charge in [-0.2, -0.15) is 0 Å². The van der Waals surface area contributed by atoms with Crippen molar-refractivity contribution >= 4 is 10.8 Å². The van der Waals surface area contributed by atoms with Crippen LogP contribution >= 0.6 is 0 Å². The van der Waals surface area contributed by atoms with E-state index in [1.165, 1.54) is 51.4 Å². The maximum Gasteiger partial charge on any atom is 0.0168 e. The van der Waals surface area contributed by atoms with Crippen LogP contribution in [0, 0.1) is 13.3 Å². The maximum atomic E-state index is 3.56. The van der Waals surface area contributed by atoms with Gasteiger partial charge in [0.2, 0.25) is 0 Å². The molecule has 0 heterocycles. The molecular formula is C21H18. The van der Waals surface area contributed by atoms with Gasteiger partial charge < -0.3 is 0 Å². The highest BCUT2D eigenvalue weighted by Crippen LogP contribution is 2.34. The molecule has 21 heavy (non-hydrogen) atoms. The SMILES string of the molecule is Cc1cc(-c2cccc3ccccc23)cc2c1CCC[C]2. The summed E-state index contributed by atoms with van der Waals surface area (Å²) in [6, 6.07) is 19.8. The summed E-state index contributed by atoms with van der Waals surface area (Å²) in [6.07, 6.45) is 7.09. The molecule has 0 heteroatoms. The van der Waals surface area contributed by atoms with Crippen LogP contribution in [0.3, 0.4) is 0 Å². The molecule has 0 saturated heterocycles. The van der Waals surface area contributed by atoms with E-state index in [0.29, 0.717) is 0 Å². The normalized spacial score (nSPS) is 14.1. The molecule has 0 spiro atoms. The Hall–Kier alpha value is -2.08. The van der Waals surface area contributed by atoms with Gasteiger partial charge in [-0.05, 0) is 64.8 Å². The highest BCUT2D eigenvalue weighted by molar-refractivity contribution is 5.96. The van der Waals surface area contributed by atoms with Gasteiger partial charge in [-0.25, -0.2) is 0 Å². The Balaban J connectivity index is 1.95. The number of fused-ring (bicyclic) bond motifs is 2. The molecule has 3 aromatic rings. The number of hydrogen-bond acceptors (Lipinski definition) is 0. The van der Waals surface area contributed by atoms with E-state index in [-0.39, 0.29) is 0 Å². The minimum Gasteiger partial charge on any atom is -0.0616 e. The Kier molecular flexibility index (Phi) is 3.03. The van der Waals surface area contributed by atoms with Gasteiger partial charge in [-0.3, -0.25) is 0 Å². The van der Waals surface area contributed by atoms with E-state index in [0.717, 1.165) is 6.42 Å². The smallest absolute Gasteiger partial charge is 0.0168 e. The van der Waals surface area contributed by atoms with Crippen LogP contribution in [0.4, 0.5) is 0 Å². The molecule has 0 aliphatic heterocycles. The van der Waals surface area contributed by atoms with Gasteiger partial charge in [-0.15, -0.1) is 0 Å². The average molecular weight is 270 g/mol. The largest absolute Gasteiger partial charge is 0.0616 e. The molecule has 0 nitrogen and oxygen atoms in total. The minimum atomic E-state index is 1.09. The summed E-state index contributed by atoms with van der Waals surface area (Å²) in [5.74, 6) is 0. The van der Waals surface area contributed by atoms with Gasteiger partial charge in [0.25, 0.3) is 0 Å². The van der Waals surface area contributed by atoms with Crippen molar-refractivity contribution < 1.29 is 0 Å². The van der Waals surface area contributed by atoms with E-state index in [1.807, 2.05) is 0 Å². The topological polar surface area (TPSA) is 0 Å². The number of benzene rings is 3. The van der Waals surface area contributed by atoms with E-state index in [2.05, 4.69) is 67.9 Å². The van der Waals surface area contributed by atoms with Gasteiger partial charge >= 0.3 is 0 Å². The summed E-state index contributed by atoms with van der Waals surface area (Å²) in [7, 11) is 0. The third-order valence-electron chi connectivity index (χ3n) is 4.49. The van der Waals surface area contributed by atoms with E-state index in [1.54, 1.807) is 0 Å². The first-order valence-electron chi connectivity index (χ1n) is 7.68. The van der Waals surface area contributed by atoms with Gasteiger partial charge in [0.1, 0.15) is 0 Å². The molecule has 4 rings (SSSR count). The van der Waals surface area contributed by atoms with Crippen molar-refractivity contribution in [2.24, 2.45) is 0 Å². The second kappa shape index (κ2) is 5.04. The van der Waals surface area contributed by atoms with Crippen molar-refractivity contribution in [3.8, 4) is 11.1 Å². The molecule has 1 aliphatic carbocycles. The molecule has 0 bridgehead atoms. The molecule has 2 radical (unpaired) electrons. The predicted octanol–water partition coefficient (Wildman–Crippen LogP) is 5.58. The maximum absolute atomic E-state index is 3.56. The average Bonchev–Trinajstić information content (AvgIpc) is 2.54. The predicted molar refractivity (Wildman–Crippen MR) is 89.4 cm³/mol. The van der Waals surface area contributed by atoms with Crippen molar-refractivity contribution in [3.05, 3.63) is 77.7 Å². The Labute approximate surface area is 126 Å². The first kappa shape index (κ1) is 12.6. The van der Waals surface area contributed by atoms with Crippen molar-refractivity contribution in [3.63, 3.8) is 0 Å². The fourth-order valence-corrected chi connectivity index (χ4v) is 3.43. The van der Waals surface area contributed by atoms with Gasteiger partial charge in [0.15, 0.2) is 0 Å². The third kappa shape index (κ3) is 2.15. The van der Waals surface area contributed by atoms with Crippen LogP contribution in [0.2, 0.25) is 0 Å². The standard InChI is InChI=1S/C21H18/c1-15-13-18(14-17-8-3-4-10-19(15)17)21-12-6-9-16-7-2-5-11-20(16)21/h2,5-7,9,11-14H,3-4,10H2,1H3. The van der Waals surface area contributed by atoms with Crippen LogP contribution in [-0.2, 0) is 6.42 Å². The minimum absolute atomic E-state index is 1.09. The Morgan fingerprint density at radius 3 is 2.76 bits per heavy atom. The van der Waals surface area contributed by atoms with E-state index in [4.69, 9.17) is 0 Å². The van der Waals surface area contributed by atoms with E-state index < -0.39 is 0 Å². The lowest BCUT2D eigenvalue weighted by atomic mass is 9.85. The molecule has 1 aliphatic rings. The van der Waals surface area contributed by atoms with Crippen LogP contribution in [0.1, 0.15) is 29.5 Å². The molecule has 0 N–H and O–H groups in total. The molecular weight excluding hydrogens is 252 g/mol. The summed E-state index contributed by atoms with van der Waals surface area (Å²) in [5.41, 5.74) is 6.86. The highest BCUT2D eigenvalue weighted by Gasteiger charge is 2.14. The summed E-state index contributed by atoms with van der Waals surface area (Å²) in [6.45, 7) is 2.24. The third-order valence-corrected chi connectivity index (χ3v) is 4.49. The molecule has 3 aromatic carbocycles. The van der Waals surface area contributed by atoms with Crippen molar-refractivity contribution in [1.29, 1.82) is 0 Å². The lowest BCUT2D eigenvalue weighted by molar-refractivity contribution is 0.770. The van der Waals surface area contributed by atoms with Gasteiger partial charge in [0, 0.05) is 6.42 Å². The molecule has 0 saturated carbocycles. The molecule has 0 aromatic heterocycles. The molecule has 0 fully saturated rings. The van der Waals surface area contributed by atoms with E-state index in [9.17, 15) is 0 Å².